The van der Waals surface area contributed by atoms with Gasteiger partial charge in [0.1, 0.15) is 5.82 Å². The van der Waals surface area contributed by atoms with Crippen LogP contribution in [0, 0.1) is 5.82 Å². The molecule has 0 unspecified atom stereocenters. The van der Waals surface area contributed by atoms with Crippen molar-refractivity contribution in [3.63, 3.8) is 0 Å². The zero-order valence-electron chi connectivity index (χ0n) is 10.1. The van der Waals surface area contributed by atoms with E-state index in [1.165, 1.54) is 18.2 Å². The Morgan fingerprint density at radius 2 is 1.80 bits per heavy atom. The van der Waals surface area contributed by atoms with Crippen LogP contribution in [0.4, 0.5) is 4.39 Å². The predicted molar refractivity (Wildman–Crippen MR) is 60.5 cm³/mol. The molecular weight excluding hydrogens is 271 g/mol. The molecule has 7 nitrogen and oxygen atoms in total. The summed E-state index contributed by atoms with van der Waals surface area (Å²) in [6, 6.07) is 5.02. The summed E-state index contributed by atoms with van der Waals surface area (Å²) >= 11 is 0. The summed E-state index contributed by atoms with van der Waals surface area (Å²) in [6.45, 7) is 0. The third kappa shape index (κ3) is 4.48. The number of halogens is 1. The van der Waals surface area contributed by atoms with Gasteiger partial charge in [-0.15, -0.1) is 0 Å². The van der Waals surface area contributed by atoms with Crippen LogP contribution in [-0.4, -0.2) is 23.6 Å². The molecule has 0 saturated carbocycles. The lowest BCUT2D eigenvalue weighted by molar-refractivity contribution is -0.305. The maximum absolute atomic E-state index is 13.3. The van der Waals surface area contributed by atoms with Crippen LogP contribution >= 0.6 is 0 Å². The van der Waals surface area contributed by atoms with E-state index in [0.29, 0.717) is 0 Å². The maximum Gasteiger partial charge on any atom is 0.274 e. The summed E-state index contributed by atoms with van der Waals surface area (Å²) in [7, 11) is 0. The topological polar surface area (TPSA) is 122 Å². The van der Waals surface area contributed by atoms with E-state index in [1.807, 2.05) is 5.43 Å². The number of aliphatic carboxylic acids is 2. The predicted octanol–water partition coefficient (Wildman–Crippen LogP) is -1.81. The zero-order chi connectivity index (χ0) is 15.1. The molecule has 0 aromatic heterocycles. The van der Waals surface area contributed by atoms with Gasteiger partial charge >= 0.3 is 0 Å². The first-order valence-corrected chi connectivity index (χ1v) is 5.44. The Balaban J connectivity index is 2.77. The van der Waals surface area contributed by atoms with E-state index in [1.54, 1.807) is 0 Å². The number of benzene rings is 1. The number of carboxylic acid groups (broad SMARTS) is 2. The van der Waals surface area contributed by atoms with E-state index in [2.05, 4.69) is 5.10 Å². The van der Waals surface area contributed by atoms with E-state index >= 15 is 0 Å². The van der Waals surface area contributed by atoms with Gasteiger partial charge in [0.15, 0.2) is 0 Å². The number of rotatable bonds is 6. The lowest BCUT2D eigenvalue weighted by Crippen LogP contribution is -2.35. The highest BCUT2D eigenvalue weighted by Gasteiger charge is 2.10. The average molecular weight is 280 g/mol. The molecule has 1 aromatic carbocycles. The molecule has 1 rings (SSSR count). The average Bonchev–Trinajstić information content (AvgIpc) is 2.38. The summed E-state index contributed by atoms with van der Waals surface area (Å²) in [6.07, 6.45) is -1.08. The number of carbonyl (C=O) groups is 3. The van der Waals surface area contributed by atoms with Crippen molar-refractivity contribution in [1.29, 1.82) is 0 Å². The minimum absolute atomic E-state index is 0.325. The molecule has 106 valence electrons. The Labute approximate surface area is 112 Å². The molecule has 0 saturated heterocycles. The Morgan fingerprint density at radius 1 is 1.15 bits per heavy atom. The lowest BCUT2D eigenvalue weighted by Gasteiger charge is -2.08. The van der Waals surface area contributed by atoms with E-state index < -0.39 is 42.2 Å². The van der Waals surface area contributed by atoms with Crippen LogP contribution in [0.2, 0.25) is 0 Å². The molecule has 0 fully saturated rings. The molecule has 0 aliphatic rings. The van der Waals surface area contributed by atoms with Gasteiger partial charge in [0.2, 0.25) is 0 Å². The highest BCUT2D eigenvalue weighted by molar-refractivity contribution is 6.34. The number of hydrogen-bond donors (Lipinski definition) is 1. The first-order chi connectivity index (χ1) is 9.41. The molecular formula is C12H9FN2O5-2. The standard InChI is InChI=1S/C12H11FN2O5/c13-8-4-2-1-3-7(8)11(18)15-14-9(12(19)20)5-6-10(16)17/h1-4H,5-6H2,(H,15,18)(H,16,17)(H,19,20)/p-2/b14-9+. The molecule has 1 N–H and O–H groups in total. The number of carbonyl (C=O) groups excluding carboxylic acids is 3. The van der Waals surface area contributed by atoms with Gasteiger partial charge in [-0.1, -0.05) is 12.1 Å². The van der Waals surface area contributed by atoms with Gasteiger partial charge < -0.3 is 19.8 Å². The van der Waals surface area contributed by atoms with Crippen molar-refractivity contribution in [1.82, 2.24) is 5.43 Å². The van der Waals surface area contributed by atoms with Crippen LogP contribution in [-0.2, 0) is 9.59 Å². The minimum Gasteiger partial charge on any atom is -0.550 e. The second-order valence-corrected chi connectivity index (χ2v) is 3.64. The van der Waals surface area contributed by atoms with Crippen LogP contribution in [0.1, 0.15) is 23.2 Å². The number of carboxylic acids is 2. The third-order valence-corrected chi connectivity index (χ3v) is 2.21. The summed E-state index contributed by atoms with van der Waals surface area (Å²) in [4.78, 5) is 32.4. The van der Waals surface area contributed by atoms with Gasteiger partial charge in [-0.05, 0) is 25.0 Å². The number of hydrazone groups is 1. The maximum atomic E-state index is 13.3. The number of hydrogen-bond acceptors (Lipinski definition) is 6. The fraction of sp³-hybridized carbons (Fsp3) is 0.167. The van der Waals surface area contributed by atoms with Crippen LogP contribution in [0.15, 0.2) is 29.4 Å². The van der Waals surface area contributed by atoms with Crippen molar-refractivity contribution < 1.29 is 29.0 Å². The fourth-order valence-corrected chi connectivity index (χ4v) is 1.25. The first kappa shape index (κ1) is 15.3. The molecule has 0 radical (unpaired) electrons. The van der Waals surface area contributed by atoms with Crippen LogP contribution in [0.5, 0.6) is 0 Å². The molecule has 0 bridgehead atoms. The van der Waals surface area contributed by atoms with Gasteiger partial charge in [0, 0.05) is 5.97 Å². The molecule has 0 aliphatic heterocycles. The second kappa shape index (κ2) is 6.98. The molecule has 20 heavy (non-hydrogen) atoms. The van der Waals surface area contributed by atoms with Crippen LogP contribution < -0.4 is 15.6 Å². The summed E-state index contributed by atoms with van der Waals surface area (Å²) in [5.41, 5.74) is 0.813. The molecule has 0 aliphatic carbocycles. The van der Waals surface area contributed by atoms with Gasteiger partial charge in [0.25, 0.3) is 5.91 Å². The lowest BCUT2D eigenvalue weighted by atomic mass is 10.2. The quantitative estimate of drug-likeness (QED) is 0.486. The largest absolute Gasteiger partial charge is 0.550 e. The van der Waals surface area contributed by atoms with Crippen molar-refractivity contribution in [2.24, 2.45) is 5.10 Å². The van der Waals surface area contributed by atoms with E-state index in [9.17, 15) is 29.0 Å². The molecule has 0 spiro atoms. The first-order valence-electron chi connectivity index (χ1n) is 5.44. The highest BCUT2D eigenvalue weighted by atomic mass is 19.1. The van der Waals surface area contributed by atoms with Gasteiger partial charge in [-0.2, -0.15) is 5.10 Å². The number of nitrogens with zero attached hydrogens (tertiary/aromatic N) is 1. The molecule has 1 aromatic rings. The number of nitrogens with one attached hydrogen (secondary N) is 1. The SMILES string of the molecule is O=C([O-])CC/C(=N\NC(=O)c1ccccc1F)C(=O)[O-]. The van der Waals surface area contributed by atoms with Crippen molar-refractivity contribution in [3.8, 4) is 0 Å². The van der Waals surface area contributed by atoms with Crippen LogP contribution in [0.3, 0.4) is 0 Å². The summed E-state index contributed by atoms with van der Waals surface area (Å²) < 4.78 is 13.3. The van der Waals surface area contributed by atoms with Crippen molar-refractivity contribution >= 4 is 23.6 Å². The third-order valence-electron chi connectivity index (χ3n) is 2.21. The zero-order valence-corrected chi connectivity index (χ0v) is 10.1. The molecule has 1 amide bonds. The Bertz CT molecular complexity index is 571. The van der Waals surface area contributed by atoms with Crippen molar-refractivity contribution in [2.75, 3.05) is 0 Å². The Morgan fingerprint density at radius 3 is 2.35 bits per heavy atom. The number of amides is 1. The monoisotopic (exact) mass is 280 g/mol. The normalized spacial score (nSPS) is 10.9. The Kier molecular flexibility index (Phi) is 5.33. The highest BCUT2D eigenvalue weighted by Crippen LogP contribution is 2.05. The Hall–Kier alpha value is -2.77. The second-order valence-electron chi connectivity index (χ2n) is 3.64. The van der Waals surface area contributed by atoms with Crippen molar-refractivity contribution in [2.45, 2.75) is 12.8 Å². The molecule has 0 heterocycles. The van der Waals surface area contributed by atoms with E-state index in [-0.39, 0.29) is 5.56 Å². The summed E-state index contributed by atoms with van der Waals surface area (Å²) in [5, 5.41) is 24.1. The van der Waals surface area contributed by atoms with Crippen molar-refractivity contribution in [3.05, 3.63) is 35.6 Å². The fourth-order valence-electron chi connectivity index (χ4n) is 1.25. The van der Waals surface area contributed by atoms with Crippen LogP contribution in [0.25, 0.3) is 0 Å². The molecule has 0 atom stereocenters. The van der Waals surface area contributed by atoms with Gasteiger partial charge in [-0.3, -0.25) is 4.79 Å². The molecule has 8 heteroatoms. The van der Waals surface area contributed by atoms with E-state index in [0.717, 1.165) is 6.07 Å². The smallest absolute Gasteiger partial charge is 0.274 e. The van der Waals surface area contributed by atoms with Gasteiger partial charge in [0.05, 0.1) is 17.2 Å². The summed E-state index contributed by atoms with van der Waals surface area (Å²) in [5.74, 6) is -4.97. The minimum atomic E-state index is -1.74. The van der Waals surface area contributed by atoms with E-state index in [4.69, 9.17) is 0 Å². The van der Waals surface area contributed by atoms with Gasteiger partial charge in [-0.25, -0.2) is 9.82 Å².